The standard InChI is InChI=1S/C33H42N4O2/c34-33-15-18-36(20-19-35-16-7-2-8-17-35)31(33)26-12-6-5-11-25(26)30-29(23-9-3-1-4-10-23)27-14-13-24(32(38)39)21-28(27)37(30)22-33/h5-6,11-14,21,23,31H,1-4,7-10,15-20,22,34H2,(H,38,39)/t31-,33+/m0/s1. The van der Waals surface area contributed by atoms with Crippen molar-refractivity contribution in [3.8, 4) is 11.3 Å². The Morgan fingerprint density at radius 1 is 0.949 bits per heavy atom. The molecule has 6 heteroatoms. The molecule has 206 valence electrons. The van der Waals surface area contributed by atoms with Gasteiger partial charge in [0.15, 0.2) is 0 Å². The number of carboxylic acid groups (broad SMARTS) is 1. The number of piperidine rings is 1. The SMILES string of the molecule is N[C@@]12CCN(CCN3CCCCC3)[C@H]1c1ccccc1-c1c(C3CCCCC3)c3ccc(C(=O)O)cc3n1C2. The van der Waals surface area contributed by atoms with Gasteiger partial charge in [0.25, 0.3) is 0 Å². The molecule has 2 saturated heterocycles. The molecular weight excluding hydrogens is 484 g/mol. The van der Waals surface area contributed by atoms with Gasteiger partial charge in [-0.05, 0) is 74.4 Å². The maximum absolute atomic E-state index is 12.0. The van der Waals surface area contributed by atoms with Gasteiger partial charge in [-0.3, -0.25) is 4.90 Å². The minimum Gasteiger partial charge on any atom is -0.478 e. The van der Waals surface area contributed by atoms with Gasteiger partial charge in [-0.25, -0.2) is 4.79 Å². The lowest BCUT2D eigenvalue weighted by Crippen LogP contribution is -2.49. The Balaban J connectivity index is 1.38. The van der Waals surface area contributed by atoms with Crippen molar-refractivity contribution in [3.05, 3.63) is 59.2 Å². The molecule has 0 unspecified atom stereocenters. The molecule has 1 aliphatic carbocycles. The largest absolute Gasteiger partial charge is 0.478 e. The summed E-state index contributed by atoms with van der Waals surface area (Å²) >= 11 is 0. The number of rotatable bonds is 5. The Morgan fingerprint density at radius 3 is 2.51 bits per heavy atom. The number of fused-ring (bicyclic) bond motifs is 7. The summed E-state index contributed by atoms with van der Waals surface area (Å²) in [5, 5.41) is 11.1. The number of hydrogen-bond acceptors (Lipinski definition) is 4. The van der Waals surface area contributed by atoms with Gasteiger partial charge in [0, 0.05) is 42.6 Å². The van der Waals surface area contributed by atoms with Crippen LogP contribution in [0.1, 0.15) is 91.2 Å². The first kappa shape index (κ1) is 25.3. The third kappa shape index (κ3) is 4.32. The van der Waals surface area contributed by atoms with Crippen LogP contribution in [0.4, 0.5) is 0 Å². The van der Waals surface area contributed by atoms with Gasteiger partial charge in [-0.1, -0.05) is 56.0 Å². The van der Waals surface area contributed by atoms with Gasteiger partial charge >= 0.3 is 5.97 Å². The highest BCUT2D eigenvalue weighted by molar-refractivity contribution is 5.98. The highest BCUT2D eigenvalue weighted by Crippen LogP contribution is 2.52. The molecule has 4 heterocycles. The molecule has 6 nitrogen and oxygen atoms in total. The van der Waals surface area contributed by atoms with Crippen molar-refractivity contribution in [2.75, 3.05) is 32.7 Å². The number of likely N-dealkylation sites (tertiary alicyclic amines) is 2. The molecular formula is C33H42N4O2. The predicted octanol–water partition coefficient (Wildman–Crippen LogP) is 6.00. The normalized spacial score (nSPS) is 26.2. The van der Waals surface area contributed by atoms with E-state index in [-0.39, 0.29) is 6.04 Å². The van der Waals surface area contributed by atoms with Crippen LogP contribution in [0.3, 0.4) is 0 Å². The molecule has 4 aliphatic rings. The van der Waals surface area contributed by atoms with Gasteiger partial charge in [0.2, 0.25) is 0 Å². The van der Waals surface area contributed by atoms with E-state index in [1.807, 2.05) is 6.07 Å². The summed E-state index contributed by atoms with van der Waals surface area (Å²) < 4.78 is 2.43. The Morgan fingerprint density at radius 2 is 1.72 bits per heavy atom. The van der Waals surface area contributed by atoms with Gasteiger partial charge in [-0.15, -0.1) is 0 Å². The van der Waals surface area contributed by atoms with Crippen LogP contribution in [-0.4, -0.2) is 63.7 Å². The van der Waals surface area contributed by atoms with Crippen molar-refractivity contribution < 1.29 is 9.90 Å². The van der Waals surface area contributed by atoms with Crippen molar-refractivity contribution in [2.45, 2.75) is 81.8 Å². The molecule has 0 bridgehead atoms. The smallest absolute Gasteiger partial charge is 0.335 e. The van der Waals surface area contributed by atoms with Gasteiger partial charge in [0.05, 0.1) is 22.8 Å². The first-order valence-corrected chi connectivity index (χ1v) is 15.3. The van der Waals surface area contributed by atoms with E-state index < -0.39 is 11.5 Å². The lowest BCUT2D eigenvalue weighted by molar-refractivity contribution is 0.0697. The summed E-state index contributed by atoms with van der Waals surface area (Å²) in [6, 6.07) is 14.9. The first-order chi connectivity index (χ1) is 19.0. The van der Waals surface area contributed by atoms with Crippen LogP contribution in [-0.2, 0) is 6.54 Å². The molecule has 39 heavy (non-hydrogen) atoms. The van der Waals surface area contributed by atoms with Crippen molar-refractivity contribution in [3.63, 3.8) is 0 Å². The van der Waals surface area contributed by atoms with Crippen molar-refractivity contribution in [1.29, 1.82) is 0 Å². The fourth-order valence-corrected chi connectivity index (χ4v) is 8.36. The van der Waals surface area contributed by atoms with E-state index in [0.29, 0.717) is 18.0 Å². The van der Waals surface area contributed by atoms with Crippen LogP contribution < -0.4 is 5.73 Å². The summed E-state index contributed by atoms with van der Waals surface area (Å²) in [7, 11) is 0. The number of nitrogens with zero attached hydrogens (tertiary/aromatic N) is 3. The lowest BCUT2D eigenvalue weighted by atomic mass is 9.80. The number of aromatic carboxylic acids is 1. The lowest BCUT2D eigenvalue weighted by Gasteiger charge is -2.36. The number of carboxylic acids is 1. The van der Waals surface area contributed by atoms with E-state index >= 15 is 0 Å². The predicted molar refractivity (Wildman–Crippen MR) is 156 cm³/mol. The fourth-order valence-electron chi connectivity index (χ4n) is 8.36. The molecule has 1 saturated carbocycles. The van der Waals surface area contributed by atoms with Crippen LogP contribution >= 0.6 is 0 Å². The summed E-state index contributed by atoms with van der Waals surface area (Å²) in [6.45, 7) is 6.32. The highest BCUT2D eigenvalue weighted by Gasteiger charge is 2.49. The maximum atomic E-state index is 12.0. The number of hydrogen-bond donors (Lipinski definition) is 2. The van der Waals surface area contributed by atoms with E-state index in [0.717, 1.165) is 31.6 Å². The fraction of sp³-hybridized carbons (Fsp3) is 0.545. The quantitative estimate of drug-likeness (QED) is 0.427. The molecule has 3 N–H and O–H groups in total. The number of nitrogens with two attached hydrogens (primary N) is 1. The van der Waals surface area contributed by atoms with Crippen molar-refractivity contribution in [1.82, 2.24) is 14.4 Å². The third-order valence-electron chi connectivity index (χ3n) is 10.3. The molecule has 3 aliphatic heterocycles. The minimum absolute atomic E-state index is 0.162. The Hall–Kier alpha value is -2.67. The monoisotopic (exact) mass is 526 g/mol. The molecule has 0 radical (unpaired) electrons. The molecule has 2 aromatic carbocycles. The summed E-state index contributed by atoms with van der Waals surface area (Å²) in [5.74, 6) is -0.367. The van der Waals surface area contributed by atoms with Crippen LogP contribution in [0, 0.1) is 0 Å². The van der Waals surface area contributed by atoms with Crippen LogP contribution in [0.15, 0.2) is 42.5 Å². The van der Waals surface area contributed by atoms with Crippen molar-refractivity contribution >= 4 is 16.9 Å². The highest BCUT2D eigenvalue weighted by atomic mass is 16.4. The Bertz CT molecular complexity index is 1380. The Labute approximate surface area is 231 Å². The average Bonchev–Trinajstić information content (AvgIpc) is 3.43. The zero-order valence-electron chi connectivity index (χ0n) is 23.1. The Kier molecular flexibility index (Phi) is 6.53. The summed E-state index contributed by atoms with van der Waals surface area (Å²) in [4.78, 5) is 17.3. The summed E-state index contributed by atoms with van der Waals surface area (Å²) in [6.07, 6.45) is 11.2. The number of benzene rings is 2. The van der Waals surface area contributed by atoms with E-state index in [1.54, 1.807) is 6.07 Å². The van der Waals surface area contributed by atoms with Crippen LogP contribution in [0.5, 0.6) is 0 Å². The zero-order chi connectivity index (χ0) is 26.6. The third-order valence-corrected chi connectivity index (χ3v) is 10.3. The van der Waals surface area contributed by atoms with E-state index in [2.05, 4.69) is 44.7 Å². The second kappa shape index (κ2) is 10.1. The van der Waals surface area contributed by atoms with Crippen LogP contribution in [0.2, 0.25) is 0 Å². The topological polar surface area (TPSA) is 74.7 Å². The molecule has 0 amide bonds. The summed E-state index contributed by atoms with van der Waals surface area (Å²) in [5.41, 5.74) is 13.8. The van der Waals surface area contributed by atoms with E-state index in [1.165, 1.54) is 92.2 Å². The number of carbonyl (C=O) groups is 1. The minimum atomic E-state index is -0.870. The molecule has 2 atom stereocenters. The van der Waals surface area contributed by atoms with Gasteiger partial charge in [-0.2, -0.15) is 0 Å². The molecule has 3 fully saturated rings. The molecule has 0 spiro atoms. The maximum Gasteiger partial charge on any atom is 0.335 e. The second-order valence-electron chi connectivity index (χ2n) is 12.6. The second-order valence-corrected chi connectivity index (χ2v) is 12.6. The molecule has 3 aromatic rings. The van der Waals surface area contributed by atoms with Crippen LogP contribution in [0.25, 0.3) is 22.2 Å². The van der Waals surface area contributed by atoms with Gasteiger partial charge < -0.3 is 20.3 Å². The zero-order valence-corrected chi connectivity index (χ0v) is 23.1. The molecule has 7 rings (SSSR count). The van der Waals surface area contributed by atoms with E-state index in [9.17, 15) is 9.90 Å². The van der Waals surface area contributed by atoms with Crippen molar-refractivity contribution in [2.24, 2.45) is 5.73 Å². The average molecular weight is 527 g/mol. The van der Waals surface area contributed by atoms with E-state index in [4.69, 9.17) is 5.73 Å². The first-order valence-electron chi connectivity index (χ1n) is 15.3. The number of aromatic nitrogens is 1. The van der Waals surface area contributed by atoms with Gasteiger partial charge in [0.1, 0.15) is 0 Å². The molecule has 1 aromatic heterocycles.